The highest BCUT2D eigenvalue weighted by molar-refractivity contribution is 4.96. The van der Waals surface area contributed by atoms with Gasteiger partial charge in [-0.3, -0.25) is 0 Å². The fraction of sp³-hybridized carbons (Fsp3) is 0.750. The maximum atomic E-state index is 5.45. The van der Waals surface area contributed by atoms with Crippen LogP contribution < -0.4 is 5.73 Å². The molecular weight excluding hydrogens is 152 g/mol. The van der Waals surface area contributed by atoms with Gasteiger partial charge in [0, 0.05) is 12.5 Å². The quantitative estimate of drug-likeness (QED) is 0.721. The Kier molecular flexibility index (Phi) is 2.81. The van der Waals surface area contributed by atoms with Gasteiger partial charge in [-0.05, 0) is 6.92 Å². The summed E-state index contributed by atoms with van der Waals surface area (Å²) in [5.41, 5.74) is 5.45. The Morgan fingerprint density at radius 1 is 1.50 bits per heavy atom. The number of aryl methyl sites for hydroxylation is 1. The number of nitrogens with zero attached hydrogens (tertiary/aromatic N) is 3. The molecule has 0 aliphatic carbocycles. The molecule has 0 aliphatic rings. The van der Waals surface area contributed by atoms with E-state index >= 15 is 0 Å². The van der Waals surface area contributed by atoms with Crippen molar-refractivity contribution in [1.82, 2.24) is 14.8 Å². The standard InChI is InChI=1S/C8H16N4/c1-6(2)8-10-7(3)11-12(8)5-4-9/h6H,4-5,9H2,1-3H3. The van der Waals surface area contributed by atoms with Crippen LogP contribution in [0, 0.1) is 6.92 Å². The van der Waals surface area contributed by atoms with Gasteiger partial charge in [0.1, 0.15) is 11.6 Å². The van der Waals surface area contributed by atoms with E-state index < -0.39 is 0 Å². The maximum absolute atomic E-state index is 5.45. The zero-order chi connectivity index (χ0) is 9.14. The molecule has 0 saturated heterocycles. The first-order valence-corrected chi connectivity index (χ1v) is 4.26. The molecule has 0 spiro atoms. The van der Waals surface area contributed by atoms with E-state index in [9.17, 15) is 0 Å². The van der Waals surface area contributed by atoms with Crippen LogP contribution in [0.1, 0.15) is 31.4 Å². The van der Waals surface area contributed by atoms with Crippen molar-refractivity contribution >= 4 is 0 Å². The highest BCUT2D eigenvalue weighted by atomic mass is 15.3. The lowest BCUT2D eigenvalue weighted by atomic mass is 10.2. The summed E-state index contributed by atoms with van der Waals surface area (Å²) in [5.74, 6) is 2.27. The van der Waals surface area contributed by atoms with E-state index in [0.717, 1.165) is 18.2 Å². The largest absolute Gasteiger partial charge is 0.329 e. The van der Waals surface area contributed by atoms with Crippen LogP contribution in [0.25, 0.3) is 0 Å². The minimum absolute atomic E-state index is 0.415. The van der Waals surface area contributed by atoms with Crippen molar-refractivity contribution in [3.05, 3.63) is 11.6 Å². The lowest BCUT2D eigenvalue weighted by Crippen LogP contribution is -2.14. The fourth-order valence-corrected chi connectivity index (χ4v) is 1.19. The van der Waals surface area contributed by atoms with Crippen LogP contribution in [0.4, 0.5) is 0 Å². The maximum Gasteiger partial charge on any atom is 0.147 e. The summed E-state index contributed by atoms with van der Waals surface area (Å²) in [6, 6.07) is 0. The van der Waals surface area contributed by atoms with Gasteiger partial charge in [-0.1, -0.05) is 13.8 Å². The third-order valence-corrected chi connectivity index (χ3v) is 1.66. The molecule has 68 valence electrons. The monoisotopic (exact) mass is 168 g/mol. The van der Waals surface area contributed by atoms with Gasteiger partial charge in [-0.2, -0.15) is 5.10 Å². The van der Waals surface area contributed by atoms with Crippen molar-refractivity contribution < 1.29 is 0 Å². The lowest BCUT2D eigenvalue weighted by Gasteiger charge is -2.05. The van der Waals surface area contributed by atoms with Crippen LogP contribution >= 0.6 is 0 Å². The smallest absolute Gasteiger partial charge is 0.147 e. The molecule has 0 unspecified atom stereocenters. The molecule has 1 heterocycles. The average molecular weight is 168 g/mol. The number of hydrogen-bond acceptors (Lipinski definition) is 3. The third-order valence-electron chi connectivity index (χ3n) is 1.66. The molecule has 1 aromatic heterocycles. The molecule has 0 aromatic carbocycles. The number of aromatic nitrogens is 3. The van der Waals surface area contributed by atoms with Gasteiger partial charge in [-0.15, -0.1) is 0 Å². The molecular formula is C8H16N4. The molecule has 0 aliphatic heterocycles. The van der Waals surface area contributed by atoms with Crippen LogP contribution in [-0.4, -0.2) is 21.3 Å². The van der Waals surface area contributed by atoms with E-state index in [0.29, 0.717) is 12.5 Å². The highest BCUT2D eigenvalue weighted by Crippen LogP contribution is 2.10. The Bertz CT molecular complexity index is 252. The predicted octanol–water partition coefficient (Wildman–Crippen LogP) is 0.669. The summed E-state index contributed by atoms with van der Waals surface area (Å²) in [4.78, 5) is 4.33. The van der Waals surface area contributed by atoms with Crippen LogP contribution in [0.5, 0.6) is 0 Å². The van der Waals surface area contributed by atoms with Gasteiger partial charge < -0.3 is 5.73 Å². The van der Waals surface area contributed by atoms with Crippen LogP contribution in [0.15, 0.2) is 0 Å². The minimum atomic E-state index is 0.415. The van der Waals surface area contributed by atoms with Crippen molar-refractivity contribution in [2.75, 3.05) is 6.54 Å². The summed E-state index contributed by atoms with van der Waals surface area (Å²) in [5, 5.41) is 4.25. The molecule has 2 N–H and O–H groups in total. The Morgan fingerprint density at radius 2 is 2.17 bits per heavy atom. The second kappa shape index (κ2) is 3.67. The molecule has 1 aromatic rings. The SMILES string of the molecule is Cc1nc(C(C)C)n(CCN)n1. The summed E-state index contributed by atoms with van der Waals surface area (Å²) in [6.07, 6.45) is 0. The number of rotatable bonds is 3. The van der Waals surface area contributed by atoms with Crippen LogP contribution in [0.2, 0.25) is 0 Å². The predicted molar refractivity (Wildman–Crippen MR) is 47.9 cm³/mol. The molecule has 1 rings (SSSR count). The van der Waals surface area contributed by atoms with Crippen molar-refractivity contribution in [3.63, 3.8) is 0 Å². The Balaban J connectivity index is 2.92. The van der Waals surface area contributed by atoms with E-state index in [2.05, 4.69) is 23.9 Å². The molecule has 0 fully saturated rings. The molecule has 0 radical (unpaired) electrons. The van der Waals surface area contributed by atoms with E-state index in [1.54, 1.807) is 0 Å². The topological polar surface area (TPSA) is 56.7 Å². The second-order valence-electron chi connectivity index (χ2n) is 3.18. The molecule has 0 amide bonds. The Morgan fingerprint density at radius 3 is 2.67 bits per heavy atom. The average Bonchev–Trinajstić information content (AvgIpc) is 2.32. The van der Waals surface area contributed by atoms with Crippen molar-refractivity contribution in [2.24, 2.45) is 5.73 Å². The molecule has 0 bridgehead atoms. The van der Waals surface area contributed by atoms with E-state index in [1.165, 1.54) is 0 Å². The Hall–Kier alpha value is -0.900. The number of hydrogen-bond donors (Lipinski definition) is 1. The third kappa shape index (κ3) is 1.82. The first-order valence-electron chi connectivity index (χ1n) is 4.26. The van der Waals surface area contributed by atoms with Crippen LogP contribution in [-0.2, 0) is 6.54 Å². The summed E-state index contributed by atoms with van der Waals surface area (Å²) >= 11 is 0. The van der Waals surface area contributed by atoms with Gasteiger partial charge in [-0.25, -0.2) is 9.67 Å². The van der Waals surface area contributed by atoms with E-state index in [-0.39, 0.29) is 0 Å². The number of nitrogens with two attached hydrogens (primary N) is 1. The highest BCUT2D eigenvalue weighted by Gasteiger charge is 2.09. The van der Waals surface area contributed by atoms with Gasteiger partial charge in [0.05, 0.1) is 6.54 Å². The summed E-state index contributed by atoms with van der Waals surface area (Å²) in [6.45, 7) is 7.49. The first-order chi connectivity index (χ1) is 5.65. The van der Waals surface area contributed by atoms with Crippen molar-refractivity contribution in [2.45, 2.75) is 33.2 Å². The summed E-state index contributed by atoms with van der Waals surface area (Å²) in [7, 11) is 0. The van der Waals surface area contributed by atoms with Gasteiger partial charge in [0.15, 0.2) is 0 Å². The zero-order valence-corrected chi connectivity index (χ0v) is 7.91. The molecule has 12 heavy (non-hydrogen) atoms. The van der Waals surface area contributed by atoms with Gasteiger partial charge >= 0.3 is 0 Å². The first kappa shape index (κ1) is 9.19. The Labute approximate surface area is 72.8 Å². The second-order valence-corrected chi connectivity index (χ2v) is 3.18. The molecule has 4 heteroatoms. The lowest BCUT2D eigenvalue weighted by molar-refractivity contribution is 0.565. The van der Waals surface area contributed by atoms with Crippen molar-refractivity contribution in [3.8, 4) is 0 Å². The van der Waals surface area contributed by atoms with Crippen molar-refractivity contribution in [1.29, 1.82) is 0 Å². The van der Waals surface area contributed by atoms with Gasteiger partial charge in [0.25, 0.3) is 0 Å². The molecule has 4 nitrogen and oxygen atoms in total. The van der Waals surface area contributed by atoms with Crippen LogP contribution in [0.3, 0.4) is 0 Å². The normalized spacial score (nSPS) is 11.1. The molecule has 0 atom stereocenters. The summed E-state index contributed by atoms with van der Waals surface area (Å²) < 4.78 is 1.89. The van der Waals surface area contributed by atoms with Gasteiger partial charge in [0.2, 0.25) is 0 Å². The minimum Gasteiger partial charge on any atom is -0.329 e. The zero-order valence-electron chi connectivity index (χ0n) is 7.91. The molecule has 0 saturated carbocycles. The van der Waals surface area contributed by atoms with E-state index in [4.69, 9.17) is 5.73 Å². The fourth-order valence-electron chi connectivity index (χ4n) is 1.19. The van der Waals surface area contributed by atoms with E-state index in [1.807, 2.05) is 11.6 Å².